The molecule has 0 spiro atoms. The molecule has 0 aromatic carbocycles. The summed E-state index contributed by atoms with van der Waals surface area (Å²) in [7, 11) is 0. The molecule has 1 aromatic rings. The van der Waals surface area contributed by atoms with Gasteiger partial charge >= 0.3 is 0 Å². The lowest BCUT2D eigenvalue weighted by molar-refractivity contribution is -0.133. The second-order valence-corrected chi connectivity index (χ2v) is 9.10. The molecule has 2 fully saturated rings. The quantitative estimate of drug-likeness (QED) is 0.718. The Labute approximate surface area is 180 Å². The number of aromatic nitrogens is 1. The van der Waals surface area contributed by atoms with E-state index in [0.29, 0.717) is 36.0 Å². The molecule has 2 unspecified atom stereocenters. The summed E-state index contributed by atoms with van der Waals surface area (Å²) in [6.07, 6.45) is 5.42. The SMILES string of the molecule is CC(C)c1csc(C2CCCN(C(=O)CC(C)C3CCNCC3)C2)n1.Cl.Cl. The van der Waals surface area contributed by atoms with Crippen LogP contribution in [0.4, 0.5) is 0 Å². The first-order chi connectivity index (χ1) is 12.0. The molecule has 1 amide bonds. The smallest absolute Gasteiger partial charge is 0.222 e. The fourth-order valence-electron chi connectivity index (χ4n) is 4.14. The number of nitrogens with zero attached hydrogens (tertiary/aromatic N) is 2. The van der Waals surface area contributed by atoms with E-state index in [4.69, 9.17) is 4.98 Å². The lowest BCUT2D eigenvalue weighted by atomic mass is 9.83. The van der Waals surface area contributed by atoms with Gasteiger partial charge in [0.25, 0.3) is 0 Å². The number of hydrogen-bond donors (Lipinski definition) is 1. The van der Waals surface area contributed by atoms with Gasteiger partial charge in [0.15, 0.2) is 0 Å². The van der Waals surface area contributed by atoms with Gasteiger partial charge in [-0.2, -0.15) is 0 Å². The lowest BCUT2D eigenvalue weighted by Crippen LogP contribution is -2.40. The Hall–Kier alpha value is -0.360. The first-order valence-electron chi connectivity index (χ1n) is 9.98. The van der Waals surface area contributed by atoms with Gasteiger partial charge in [-0.05, 0) is 56.5 Å². The van der Waals surface area contributed by atoms with Crippen LogP contribution in [0.1, 0.15) is 75.4 Å². The Balaban J connectivity index is 0.00000182. The van der Waals surface area contributed by atoms with Crippen LogP contribution in [0.3, 0.4) is 0 Å². The predicted octanol–water partition coefficient (Wildman–Crippen LogP) is 4.84. The lowest BCUT2D eigenvalue weighted by Gasteiger charge is -2.34. The highest BCUT2D eigenvalue weighted by Gasteiger charge is 2.29. The van der Waals surface area contributed by atoms with Gasteiger partial charge in [0, 0.05) is 30.8 Å². The fourth-order valence-corrected chi connectivity index (χ4v) is 5.25. The van der Waals surface area contributed by atoms with Crippen molar-refractivity contribution in [3.8, 4) is 0 Å². The largest absolute Gasteiger partial charge is 0.342 e. The molecule has 2 aliphatic rings. The van der Waals surface area contributed by atoms with E-state index >= 15 is 0 Å². The third kappa shape index (κ3) is 6.59. The molecule has 1 aromatic heterocycles. The van der Waals surface area contributed by atoms with Crippen LogP contribution < -0.4 is 5.32 Å². The van der Waals surface area contributed by atoms with E-state index in [1.807, 2.05) is 0 Å². The molecule has 3 rings (SSSR count). The van der Waals surface area contributed by atoms with Crippen molar-refractivity contribution in [1.29, 1.82) is 0 Å². The summed E-state index contributed by atoms with van der Waals surface area (Å²) in [4.78, 5) is 19.8. The van der Waals surface area contributed by atoms with Crippen molar-refractivity contribution in [2.45, 2.75) is 64.7 Å². The van der Waals surface area contributed by atoms with Crippen LogP contribution in [0, 0.1) is 11.8 Å². The summed E-state index contributed by atoms with van der Waals surface area (Å²) in [5.74, 6) is 2.48. The van der Waals surface area contributed by atoms with Crippen molar-refractivity contribution in [1.82, 2.24) is 15.2 Å². The molecular weight excluding hydrogens is 401 g/mol. The van der Waals surface area contributed by atoms with E-state index in [1.54, 1.807) is 11.3 Å². The highest BCUT2D eigenvalue weighted by atomic mass is 35.5. The van der Waals surface area contributed by atoms with E-state index in [-0.39, 0.29) is 24.8 Å². The first kappa shape index (κ1) is 24.7. The van der Waals surface area contributed by atoms with Crippen LogP contribution in [-0.2, 0) is 4.79 Å². The molecule has 27 heavy (non-hydrogen) atoms. The van der Waals surface area contributed by atoms with Gasteiger partial charge in [-0.3, -0.25) is 4.79 Å². The number of carbonyl (C=O) groups excluding carboxylic acids is 1. The van der Waals surface area contributed by atoms with Crippen molar-refractivity contribution in [3.63, 3.8) is 0 Å². The van der Waals surface area contributed by atoms with Crippen LogP contribution in [0.2, 0.25) is 0 Å². The molecule has 3 heterocycles. The van der Waals surface area contributed by atoms with Gasteiger partial charge in [0.05, 0.1) is 10.7 Å². The van der Waals surface area contributed by atoms with Gasteiger partial charge in [-0.25, -0.2) is 4.98 Å². The van der Waals surface area contributed by atoms with Crippen molar-refractivity contribution in [2.24, 2.45) is 11.8 Å². The number of halogens is 2. The van der Waals surface area contributed by atoms with Crippen LogP contribution >= 0.6 is 36.2 Å². The van der Waals surface area contributed by atoms with E-state index in [2.05, 4.69) is 36.4 Å². The zero-order valence-electron chi connectivity index (χ0n) is 16.8. The summed E-state index contributed by atoms with van der Waals surface area (Å²) in [5, 5.41) is 6.84. The molecule has 0 saturated carbocycles. The molecule has 0 radical (unpaired) electrons. The molecule has 2 saturated heterocycles. The van der Waals surface area contributed by atoms with Crippen LogP contribution in [-0.4, -0.2) is 42.0 Å². The second-order valence-electron chi connectivity index (χ2n) is 8.21. The van der Waals surface area contributed by atoms with Gasteiger partial charge < -0.3 is 10.2 Å². The third-order valence-electron chi connectivity index (χ3n) is 5.94. The van der Waals surface area contributed by atoms with E-state index in [0.717, 1.165) is 32.6 Å². The summed E-state index contributed by atoms with van der Waals surface area (Å²) in [6, 6.07) is 0. The number of thiazole rings is 1. The Morgan fingerprint density at radius 3 is 2.59 bits per heavy atom. The molecule has 2 atom stereocenters. The topological polar surface area (TPSA) is 45.2 Å². The Bertz CT molecular complexity index is 575. The maximum Gasteiger partial charge on any atom is 0.222 e. The van der Waals surface area contributed by atoms with Crippen molar-refractivity contribution in [3.05, 3.63) is 16.1 Å². The predicted molar refractivity (Wildman–Crippen MR) is 119 cm³/mol. The molecule has 4 nitrogen and oxygen atoms in total. The number of carbonyl (C=O) groups is 1. The summed E-state index contributed by atoms with van der Waals surface area (Å²) in [5.41, 5.74) is 1.20. The van der Waals surface area contributed by atoms with Gasteiger partial charge in [0.2, 0.25) is 5.91 Å². The number of hydrogen-bond acceptors (Lipinski definition) is 4. The molecule has 7 heteroatoms. The maximum atomic E-state index is 12.8. The van der Waals surface area contributed by atoms with Gasteiger partial charge in [0.1, 0.15) is 0 Å². The molecule has 0 bridgehead atoms. The maximum absolute atomic E-state index is 12.8. The molecular formula is C20H35Cl2N3OS. The number of nitrogens with one attached hydrogen (secondary N) is 1. The Morgan fingerprint density at radius 2 is 1.96 bits per heavy atom. The van der Waals surface area contributed by atoms with E-state index in [9.17, 15) is 4.79 Å². The monoisotopic (exact) mass is 435 g/mol. The van der Waals surface area contributed by atoms with E-state index < -0.39 is 0 Å². The first-order valence-corrected chi connectivity index (χ1v) is 10.9. The van der Waals surface area contributed by atoms with Crippen LogP contribution in [0.25, 0.3) is 0 Å². The molecule has 0 aliphatic carbocycles. The number of amides is 1. The molecule has 1 N–H and O–H groups in total. The van der Waals surface area contributed by atoms with Crippen molar-refractivity contribution >= 4 is 42.1 Å². The molecule has 156 valence electrons. The van der Waals surface area contributed by atoms with Gasteiger partial charge in [-0.1, -0.05) is 20.8 Å². The number of piperidine rings is 2. The Morgan fingerprint density at radius 1 is 1.26 bits per heavy atom. The average Bonchev–Trinajstić information content (AvgIpc) is 3.13. The third-order valence-corrected chi connectivity index (χ3v) is 6.97. The summed E-state index contributed by atoms with van der Waals surface area (Å²) in [6.45, 7) is 10.7. The normalized spacial score (nSPS) is 22.1. The number of rotatable bonds is 5. The second kappa shape index (κ2) is 11.6. The summed E-state index contributed by atoms with van der Waals surface area (Å²) >= 11 is 1.78. The van der Waals surface area contributed by atoms with Crippen molar-refractivity contribution in [2.75, 3.05) is 26.2 Å². The minimum absolute atomic E-state index is 0. The average molecular weight is 436 g/mol. The minimum Gasteiger partial charge on any atom is -0.342 e. The fraction of sp³-hybridized carbons (Fsp3) is 0.800. The van der Waals surface area contributed by atoms with Crippen molar-refractivity contribution < 1.29 is 4.79 Å². The molecule has 2 aliphatic heterocycles. The Kier molecular flexibility index (Phi) is 10.6. The number of likely N-dealkylation sites (tertiary alicyclic amines) is 1. The zero-order chi connectivity index (χ0) is 17.8. The minimum atomic E-state index is 0. The standard InChI is InChI=1S/C20H33N3OS.2ClH/c1-14(2)18-13-25-20(22-18)17-5-4-10-23(12-17)19(24)11-15(3)16-6-8-21-9-7-16;;/h13-17,21H,4-12H2,1-3H3;2*1H. The zero-order valence-corrected chi connectivity index (χ0v) is 19.2. The van der Waals surface area contributed by atoms with Crippen LogP contribution in [0.5, 0.6) is 0 Å². The van der Waals surface area contributed by atoms with E-state index in [1.165, 1.54) is 30.0 Å². The highest BCUT2D eigenvalue weighted by molar-refractivity contribution is 7.09. The highest BCUT2D eigenvalue weighted by Crippen LogP contribution is 2.32. The van der Waals surface area contributed by atoms with Gasteiger partial charge in [-0.15, -0.1) is 36.2 Å². The van der Waals surface area contributed by atoms with Crippen LogP contribution in [0.15, 0.2) is 5.38 Å². The summed E-state index contributed by atoms with van der Waals surface area (Å²) < 4.78 is 0.